The average molecular weight is 346 g/mol. The Morgan fingerprint density at radius 3 is 2.72 bits per heavy atom. The molecule has 0 bridgehead atoms. The van der Waals surface area contributed by atoms with Crippen molar-refractivity contribution in [3.8, 4) is 6.07 Å². The Morgan fingerprint density at radius 1 is 1.36 bits per heavy atom. The molecule has 0 aromatic heterocycles. The fraction of sp³-hybridized carbons (Fsp3) is 0.471. The van der Waals surface area contributed by atoms with Crippen molar-refractivity contribution >= 4 is 17.8 Å². The van der Waals surface area contributed by atoms with E-state index in [0.29, 0.717) is 11.3 Å². The number of anilines is 1. The van der Waals surface area contributed by atoms with Crippen molar-refractivity contribution in [2.24, 2.45) is 0 Å². The Hall–Kier alpha value is -2.79. The minimum Gasteiger partial charge on any atom is -0.444 e. The third kappa shape index (κ3) is 5.36. The number of hydrogen-bond donors (Lipinski definition) is 3. The maximum Gasteiger partial charge on any atom is 0.410 e. The van der Waals surface area contributed by atoms with Crippen molar-refractivity contribution < 1.29 is 19.4 Å². The molecule has 1 fully saturated rings. The lowest BCUT2D eigenvalue weighted by atomic mass is 10.2. The van der Waals surface area contributed by atoms with Gasteiger partial charge in [-0.15, -0.1) is 0 Å². The number of aliphatic hydroxyl groups excluding tert-OH is 1. The quantitative estimate of drug-likeness (QED) is 0.753. The van der Waals surface area contributed by atoms with E-state index in [-0.39, 0.29) is 13.1 Å². The second-order valence-electron chi connectivity index (χ2n) is 6.85. The first-order valence-corrected chi connectivity index (χ1v) is 7.91. The summed E-state index contributed by atoms with van der Waals surface area (Å²) in [7, 11) is 0. The highest BCUT2D eigenvalue weighted by atomic mass is 16.6. The van der Waals surface area contributed by atoms with Crippen molar-refractivity contribution in [1.82, 2.24) is 10.2 Å². The van der Waals surface area contributed by atoms with Gasteiger partial charge in [0.15, 0.2) is 0 Å². The summed E-state index contributed by atoms with van der Waals surface area (Å²) in [5, 5.41) is 24.2. The van der Waals surface area contributed by atoms with Crippen LogP contribution in [0.5, 0.6) is 0 Å². The van der Waals surface area contributed by atoms with E-state index in [2.05, 4.69) is 10.6 Å². The molecule has 0 spiro atoms. The summed E-state index contributed by atoms with van der Waals surface area (Å²) in [5.74, 6) is 0. The highest BCUT2D eigenvalue weighted by Crippen LogP contribution is 2.16. The van der Waals surface area contributed by atoms with Crippen LogP contribution in [0.3, 0.4) is 0 Å². The van der Waals surface area contributed by atoms with Crippen LogP contribution in [0, 0.1) is 11.3 Å². The maximum atomic E-state index is 12.1. The molecule has 2 rings (SSSR count). The molecule has 25 heavy (non-hydrogen) atoms. The number of benzene rings is 1. The molecule has 8 nitrogen and oxygen atoms in total. The Balaban J connectivity index is 1.90. The number of likely N-dealkylation sites (tertiary alicyclic amines) is 1. The van der Waals surface area contributed by atoms with Crippen LogP contribution in [-0.2, 0) is 4.74 Å². The normalized spacial score (nSPS) is 19.9. The molecule has 0 radical (unpaired) electrons. The van der Waals surface area contributed by atoms with Gasteiger partial charge in [0, 0.05) is 12.2 Å². The van der Waals surface area contributed by atoms with Gasteiger partial charge in [-0.2, -0.15) is 5.26 Å². The van der Waals surface area contributed by atoms with Crippen molar-refractivity contribution in [2.45, 2.75) is 38.5 Å². The number of nitrogens with zero attached hydrogens (tertiary/aromatic N) is 2. The van der Waals surface area contributed by atoms with Crippen molar-refractivity contribution in [3.63, 3.8) is 0 Å². The first-order chi connectivity index (χ1) is 11.7. The number of rotatable bonds is 2. The molecule has 1 saturated heterocycles. The topological polar surface area (TPSA) is 115 Å². The Kier molecular flexibility index (Phi) is 5.49. The van der Waals surface area contributed by atoms with Gasteiger partial charge in [-0.3, -0.25) is 0 Å². The van der Waals surface area contributed by atoms with Crippen molar-refractivity contribution in [1.29, 1.82) is 5.26 Å². The van der Waals surface area contributed by atoms with E-state index in [4.69, 9.17) is 10.00 Å². The summed E-state index contributed by atoms with van der Waals surface area (Å²) in [6, 6.07) is 7.33. The number of ether oxygens (including phenoxy) is 1. The number of nitriles is 1. The summed E-state index contributed by atoms with van der Waals surface area (Å²) >= 11 is 0. The second-order valence-corrected chi connectivity index (χ2v) is 6.85. The predicted molar refractivity (Wildman–Crippen MR) is 90.9 cm³/mol. The van der Waals surface area contributed by atoms with E-state index < -0.39 is 29.9 Å². The molecule has 0 saturated carbocycles. The van der Waals surface area contributed by atoms with Gasteiger partial charge < -0.3 is 25.4 Å². The molecule has 0 aliphatic carbocycles. The summed E-state index contributed by atoms with van der Waals surface area (Å²) in [6.45, 7) is 5.52. The minimum absolute atomic E-state index is 0.0871. The van der Waals surface area contributed by atoms with Gasteiger partial charge in [0.2, 0.25) is 0 Å². The van der Waals surface area contributed by atoms with Crippen LogP contribution in [0.1, 0.15) is 26.3 Å². The molecule has 2 atom stereocenters. The number of hydrogen-bond acceptors (Lipinski definition) is 5. The van der Waals surface area contributed by atoms with Gasteiger partial charge in [-0.25, -0.2) is 9.59 Å². The van der Waals surface area contributed by atoms with Crippen LogP contribution in [0.25, 0.3) is 0 Å². The standard InChI is InChI=1S/C17H22N4O4/c1-17(2,3)25-16(24)21-9-13(14(22)10-21)20-15(23)19-12-6-4-5-11(7-12)8-18/h4-7,13-14,22H,9-10H2,1-3H3,(H2,19,20,23)/t13-,14-/m1/s1. The van der Waals surface area contributed by atoms with Gasteiger partial charge in [0.25, 0.3) is 0 Å². The lowest BCUT2D eigenvalue weighted by molar-refractivity contribution is 0.0270. The Labute approximate surface area is 146 Å². The summed E-state index contributed by atoms with van der Waals surface area (Å²) in [5.41, 5.74) is 0.263. The number of β-amino-alcohol motifs (C(OH)–C–C–N with tert-alkyl or cyclic N) is 1. The van der Waals surface area contributed by atoms with Crippen molar-refractivity contribution in [2.75, 3.05) is 18.4 Å². The molecule has 1 aliphatic heterocycles. The fourth-order valence-electron chi connectivity index (χ4n) is 2.41. The average Bonchev–Trinajstić information content (AvgIpc) is 2.87. The predicted octanol–water partition coefficient (Wildman–Crippen LogP) is 1.66. The van der Waals surface area contributed by atoms with Crippen LogP contribution >= 0.6 is 0 Å². The van der Waals surface area contributed by atoms with Crippen LogP contribution < -0.4 is 10.6 Å². The summed E-state index contributed by atoms with van der Waals surface area (Å²) in [4.78, 5) is 25.5. The van der Waals surface area contributed by atoms with Gasteiger partial charge in [0.1, 0.15) is 5.60 Å². The van der Waals surface area contributed by atoms with Crippen LogP contribution in [0.2, 0.25) is 0 Å². The molecular weight excluding hydrogens is 324 g/mol. The highest BCUT2D eigenvalue weighted by molar-refractivity contribution is 5.89. The van der Waals surface area contributed by atoms with E-state index in [0.717, 1.165) is 0 Å². The van der Waals surface area contributed by atoms with Crippen LogP contribution in [0.4, 0.5) is 15.3 Å². The van der Waals surface area contributed by atoms with Crippen LogP contribution in [-0.4, -0.2) is 53.0 Å². The highest BCUT2D eigenvalue weighted by Gasteiger charge is 2.36. The summed E-state index contributed by atoms with van der Waals surface area (Å²) in [6.07, 6.45) is -1.42. The van der Waals surface area contributed by atoms with E-state index in [1.165, 1.54) is 11.0 Å². The first kappa shape index (κ1) is 18.5. The molecule has 1 aromatic carbocycles. The number of aliphatic hydroxyl groups is 1. The molecule has 3 amide bonds. The number of nitrogens with one attached hydrogen (secondary N) is 2. The Bertz CT molecular complexity index is 693. The SMILES string of the molecule is CC(C)(C)OC(=O)N1C[C@@H](O)[C@H](NC(=O)Nc2cccc(C#N)c2)C1. The number of carbonyl (C=O) groups is 2. The zero-order chi connectivity index (χ0) is 18.6. The minimum atomic E-state index is -0.885. The molecule has 1 aliphatic rings. The first-order valence-electron chi connectivity index (χ1n) is 7.91. The largest absolute Gasteiger partial charge is 0.444 e. The van der Waals surface area contributed by atoms with Gasteiger partial charge in [-0.1, -0.05) is 6.07 Å². The smallest absolute Gasteiger partial charge is 0.410 e. The number of carbonyl (C=O) groups excluding carboxylic acids is 2. The van der Waals surface area contributed by atoms with Gasteiger partial charge in [-0.05, 0) is 39.0 Å². The van der Waals surface area contributed by atoms with Crippen molar-refractivity contribution in [3.05, 3.63) is 29.8 Å². The molecule has 3 N–H and O–H groups in total. The zero-order valence-corrected chi connectivity index (χ0v) is 14.4. The molecule has 1 aromatic rings. The molecule has 8 heteroatoms. The lowest BCUT2D eigenvalue weighted by Gasteiger charge is -2.24. The van der Waals surface area contributed by atoms with E-state index in [1.807, 2.05) is 6.07 Å². The maximum absolute atomic E-state index is 12.1. The monoisotopic (exact) mass is 346 g/mol. The van der Waals surface area contributed by atoms with Gasteiger partial charge >= 0.3 is 12.1 Å². The van der Waals surface area contributed by atoms with E-state index in [1.54, 1.807) is 39.0 Å². The third-order valence-corrected chi connectivity index (χ3v) is 3.51. The van der Waals surface area contributed by atoms with E-state index in [9.17, 15) is 14.7 Å². The molecule has 1 heterocycles. The third-order valence-electron chi connectivity index (χ3n) is 3.51. The molecule has 0 unspecified atom stereocenters. The van der Waals surface area contributed by atoms with Gasteiger partial charge in [0.05, 0.1) is 30.3 Å². The lowest BCUT2D eigenvalue weighted by Crippen LogP contribution is -2.45. The molecular formula is C17H22N4O4. The fourth-order valence-corrected chi connectivity index (χ4v) is 2.41. The number of urea groups is 1. The second kappa shape index (κ2) is 7.40. The van der Waals surface area contributed by atoms with Crippen LogP contribution in [0.15, 0.2) is 24.3 Å². The molecule has 134 valence electrons. The van der Waals surface area contributed by atoms with E-state index >= 15 is 0 Å². The summed E-state index contributed by atoms with van der Waals surface area (Å²) < 4.78 is 5.26. The zero-order valence-electron chi connectivity index (χ0n) is 14.4. The number of amides is 3. The Morgan fingerprint density at radius 2 is 2.08 bits per heavy atom.